The van der Waals surface area contributed by atoms with E-state index in [0.29, 0.717) is 5.39 Å². The molecule has 18 heavy (non-hydrogen) atoms. The Morgan fingerprint density at radius 2 is 1.72 bits per heavy atom. The van der Waals surface area contributed by atoms with Gasteiger partial charge in [-0.15, -0.1) is 13.2 Å². The van der Waals surface area contributed by atoms with Crippen LogP contribution in [0.1, 0.15) is 0 Å². The van der Waals surface area contributed by atoms with Crippen molar-refractivity contribution in [2.45, 2.75) is 11.4 Å². The molecule has 2 aromatic rings. The van der Waals surface area contributed by atoms with Crippen LogP contribution in [0.15, 0.2) is 41.4 Å². The average molecular weight is 277 g/mol. The highest BCUT2D eigenvalue weighted by molar-refractivity contribution is 7.86. The van der Waals surface area contributed by atoms with Gasteiger partial charge in [-0.25, -0.2) is 4.98 Å². The monoisotopic (exact) mass is 277 g/mol. The van der Waals surface area contributed by atoms with Crippen molar-refractivity contribution in [3.05, 3.63) is 36.4 Å². The zero-order chi connectivity index (χ0) is 13.4. The summed E-state index contributed by atoms with van der Waals surface area (Å²) in [5, 5.41) is -0.165. The second-order valence-electron chi connectivity index (χ2n) is 3.33. The maximum atomic E-state index is 11.9. The van der Waals surface area contributed by atoms with Crippen molar-refractivity contribution < 1.29 is 25.8 Å². The third-order valence-corrected chi connectivity index (χ3v) is 3.18. The standard InChI is InChI=1S/C10H6F3NO3S/c11-10(12,13)17-18(15,16)9-6-5-7-3-1-2-4-8(7)14-9/h1-6H. The third-order valence-electron chi connectivity index (χ3n) is 2.03. The number of rotatable bonds is 2. The van der Waals surface area contributed by atoms with Crippen LogP contribution >= 0.6 is 0 Å². The highest BCUT2D eigenvalue weighted by atomic mass is 32.2. The number of nitrogens with zero attached hydrogens (tertiary/aromatic N) is 1. The normalized spacial score (nSPS) is 12.8. The van der Waals surface area contributed by atoms with E-state index in [1.807, 2.05) is 0 Å². The first-order valence-corrected chi connectivity index (χ1v) is 6.07. The summed E-state index contributed by atoms with van der Waals surface area (Å²) in [7, 11) is -4.95. The zero-order valence-electron chi connectivity index (χ0n) is 8.68. The summed E-state index contributed by atoms with van der Waals surface area (Å²) >= 11 is 0. The number of para-hydroxylation sites is 1. The summed E-state index contributed by atoms with van der Waals surface area (Å²) in [6.45, 7) is 0. The molecule has 96 valence electrons. The van der Waals surface area contributed by atoms with Crippen LogP contribution in [0.3, 0.4) is 0 Å². The van der Waals surface area contributed by atoms with Gasteiger partial charge in [-0.3, -0.25) is 0 Å². The molecule has 0 unspecified atom stereocenters. The van der Waals surface area contributed by atoms with Crippen molar-refractivity contribution in [1.29, 1.82) is 0 Å². The van der Waals surface area contributed by atoms with E-state index in [1.165, 1.54) is 12.1 Å². The lowest BCUT2D eigenvalue weighted by atomic mass is 10.2. The van der Waals surface area contributed by atoms with Crippen molar-refractivity contribution in [2.75, 3.05) is 0 Å². The molecule has 0 aliphatic rings. The number of halogens is 3. The lowest BCUT2D eigenvalue weighted by Crippen LogP contribution is -2.20. The summed E-state index contributed by atoms with van der Waals surface area (Å²) < 4.78 is 61.4. The Morgan fingerprint density at radius 3 is 2.39 bits per heavy atom. The van der Waals surface area contributed by atoms with E-state index in [0.717, 1.165) is 6.07 Å². The van der Waals surface area contributed by atoms with Crippen LogP contribution in [-0.4, -0.2) is 19.8 Å². The fraction of sp³-hybridized carbons (Fsp3) is 0.100. The minimum absolute atomic E-state index is 0.268. The van der Waals surface area contributed by atoms with Gasteiger partial charge >= 0.3 is 16.5 Å². The zero-order valence-corrected chi connectivity index (χ0v) is 9.49. The van der Waals surface area contributed by atoms with E-state index in [2.05, 4.69) is 9.17 Å². The summed E-state index contributed by atoms with van der Waals surface area (Å²) in [5.74, 6) is 0. The number of hydrogen-bond acceptors (Lipinski definition) is 4. The Balaban J connectivity index is 2.48. The molecule has 0 saturated carbocycles. The smallest absolute Gasteiger partial charge is 0.234 e. The highest BCUT2D eigenvalue weighted by Crippen LogP contribution is 2.24. The molecular weight excluding hydrogens is 271 g/mol. The average Bonchev–Trinajstić information content (AvgIpc) is 2.25. The molecule has 0 fully saturated rings. The molecule has 0 bridgehead atoms. The lowest BCUT2D eigenvalue weighted by Gasteiger charge is -2.07. The van der Waals surface area contributed by atoms with Gasteiger partial charge in [0.2, 0.25) is 0 Å². The molecule has 0 spiro atoms. The molecule has 0 amide bonds. The molecule has 8 heteroatoms. The predicted octanol–water partition coefficient (Wildman–Crippen LogP) is 2.46. The number of pyridine rings is 1. The van der Waals surface area contributed by atoms with Crippen molar-refractivity contribution in [3.8, 4) is 0 Å². The summed E-state index contributed by atoms with van der Waals surface area (Å²) in [5.41, 5.74) is 0.268. The van der Waals surface area contributed by atoms with Gasteiger partial charge in [0.25, 0.3) is 0 Å². The van der Waals surface area contributed by atoms with Crippen LogP contribution in [0.5, 0.6) is 0 Å². The minimum Gasteiger partial charge on any atom is -0.234 e. The van der Waals surface area contributed by atoms with Gasteiger partial charge in [0, 0.05) is 5.39 Å². The fourth-order valence-corrected chi connectivity index (χ4v) is 2.13. The van der Waals surface area contributed by atoms with E-state index in [9.17, 15) is 21.6 Å². The van der Waals surface area contributed by atoms with E-state index in [1.54, 1.807) is 18.2 Å². The SMILES string of the molecule is O=S(=O)(OC(F)(F)F)c1ccc2ccccc2n1. The Labute approximate surface area is 100 Å². The van der Waals surface area contributed by atoms with E-state index in [4.69, 9.17) is 0 Å². The molecule has 0 aliphatic carbocycles. The number of alkyl halides is 3. The number of fused-ring (bicyclic) bond motifs is 1. The molecule has 4 nitrogen and oxygen atoms in total. The number of benzene rings is 1. The molecule has 1 aromatic carbocycles. The van der Waals surface area contributed by atoms with Gasteiger partial charge < -0.3 is 0 Å². The predicted molar refractivity (Wildman–Crippen MR) is 56.1 cm³/mol. The van der Waals surface area contributed by atoms with Gasteiger partial charge in [-0.1, -0.05) is 18.2 Å². The molecule has 0 saturated heterocycles. The van der Waals surface area contributed by atoms with Crippen LogP contribution in [0.25, 0.3) is 10.9 Å². The maximum Gasteiger partial charge on any atom is 0.537 e. The van der Waals surface area contributed by atoms with E-state index < -0.39 is 21.5 Å². The molecule has 2 rings (SSSR count). The third kappa shape index (κ3) is 2.77. The summed E-state index contributed by atoms with van der Waals surface area (Å²) in [6, 6.07) is 8.75. The van der Waals surface area contributed by atoms with Crippen molar-refractivity contribution in [2.24, 2.45) is 0 Å². The first kappa shape index (κ1) is 12.8. The first-order valence-electron chi connectivity index (χ1n) is 4.66. The lowest BCUT2D eigenvalue weighted by molar-refractivity contribution is -0.272. The number of hydrogen-bond donors (Lipinski definition) is 0. The molecular formula is C10H6F3NO3S. The largest absolute Gasteiger partial charge is 0.537 e. The van der Waals surface area contributed by atoms with Crippen LogP contribution in [0, 0.1) is 0 Å². The number of aromatic nitrogens is 1. The molecule has 0 aliphatic heterocycles. The highest BCUT2D eigenvalue weighted by Gasteiger charge is 2.38. The fourth-order valence-electron chi connectivity index (χ4n) is 1.35. The topological polar surface area (TPSA) is 56.3 Å². The van der Waals surface area contributed by atoms with Gasteiger partial charge in [0.1, 0.15) is 0 Å². The Morgan fingerprint density at radius 1 is 1.06 bits per heavy atom. The second kappa shape index (κ2) is 4.21. The Hall–Kier alpha value is -1.67. The first-order chi connectivity index (χ1) is 8.28. The van der Waals surface area contributed by atoms with Crippen LogP contribution in [0.2, 0.25) is 0 Å². The van der Waals surface area contributed by atoms with Crippen molar-refractivity contribution in [1.82, 2.24) is 4.98 Å². The van der Waals surface area contributed by atoms with E-state index >= 15 is 0 Å². The molecule has 0 atom stereocenters. The molecule has 0 N–H and O–H groups in total. The minimum atomic E-state index is -5.27. The van der Waals surface area contributed by atoms with Crippen LogP contribution in [0.4, 0.5) is 13.2 Å². The summed E-state index contributed by atoms with van der Waals surface area (Å²) in [6.07, 6.45) is -5.27. The van der Waals surface area contributed by atoms with Gasteiger partial charge in [-0.05, 0) is 18.2 Å². The molecule has 1 aromatic heterocycles. The Kier molecular flexibility index (Phi) is 2.99. The summed E-state index contributed by atoms with van der Waals surface area (Å²) in [4.78, 5) is 3.62. The van der Waals surface area contributed by atoms with Crippen molar-refractivity contribution >= 4 is 21.0 Å². The van der Waals surface area contributed by atoms with Gasteiger partial charge in [-0.2, -0.15) is 12.6 Å². The van der Waals surface area contributed by atoms with Crippen molar-refractivity contribution in [3.63, 3.8) is 0 Å². The quantitative estimate of drug-likeness (QED) is 0.791. The van der Waals surface area contributed by atoms with Crippen LogP contribution < -0.4 is 0 Å². The second-order valence-corrected chi connectivity index (χ2v) is 4.82. The maximum absolute atomic E-state index is 11.9. The molecule has 1 heterocycles. The van der Waals surface area contributed by atoms with E-state index in [-0.39, 0.29) is 5.52 Å². The van der Waals surface area contributed by atoms with Gasteiger partial charge in [0.15, 0.2) is 5.03 Å². The molecule has 0 radical (unpaired) electrons. The van der Waals surface area contributed by atoms with Gasteiger partial charge in [0.05, 0.1) is 5.52 Å². The van der Waals surface area contributed by atoms with Crippen LogP contribution in [-0.2, 0) is 14.3 Å². The Bertz CT molecular complexity index is 682.